The Balaban J connectivity index is 1.67. The maximum atomic E-state index is 12.3. The number of rotatable bonds is 6. The van der Waals surface area contributed by atoms with Crippen molar-refractivity contribution in [1.82, 2.24) is 4.98 Å². The second kappa shape index (κ2) is 5.56. The molecule has 0 aliphatic heterocycles. The molecule has 1 aliphatic rings. The van der Waals surface area contributed by atoms with Crippen LogP contribution in [0.5, 0.6) is 0 Å². The van der Waals surface area contributed by atoms with E-state index in [-0.39, 0.29) is 11.8 Å². The number of benzene rings is 1. The van der Waals surface area contributed by atoms with Gasteiger partial charge in [0.15, 0.2) is 0 Å². The summed E-state index contributed by atoms with van der Waals surface area (Å²) in [6.07, 6.45) is 1.87. The van der Waals surface area contributed by atoms with Crippen LogP contribution in [-0.4, -0.2) is 26.0 Å². The van der Waals surface area contributed by atoms with Gasteiger partial charge in [-0.3, -0.25) is 14.0 Å². The minimum absolute atomic E-state index is 0.129. The molecule has 0 amide bonds. The van der Waals surface area contributed by atoms with Crippen LogP contribution in [0, 0.1) is 5.41 Å². The molecule has 3 rings (SSSR count). The molecule has 1 N–H and O–H groups in total. The molecule has 110 valence electrons. The van der Waals surface area contributed by atoms with E-state index in [1.807, 2.05) is 36.4 Å². The van der Waals surface area contributed by atoms with Crippen molar-refractivity contribution in [2.45, 2.75) is 25.0 Å². The van der Waals surface area contributed by atoms with Crippen molar-refractivity contribution >= 4 is 27.7 Å². The highest BCUT2D eigenvalue weighted by Crippen LogP contribution is 2.49. The van der Waals surface area contributed by atoms with Crippen LogP contribution in [0.3, 0.4) is 0 Å². The van der Waals surface area contributed by atoms with Crippen molar-refractivity contribution in [2.75, 3.05) is 5.75 Å². The molecule has 0 bridgehead atoms. The molecule has 0 radical (unpaired) electrons. The summed E-state index contributed by atoms with van der Waals surface area (Å²) in [5.41, 5.74) is 1.48. The van der Waals surface area contributed by atoms with Crippen molar-refractivity contribution in [3.63, 3.8) is 0 Å². The second-order valence-corrected chi connectivity index (χ2v) is 7.25. The first-order valence-corrected chi connectivity index (χ1v) is 8.47. The summed E-state index contributed by atoms with van der Waals surface area (Å²) in [6, 6.07) is 11.7. The molecule has 1 unspecified atom stereocenters. The van der Waals surface area contributed by atoms with Crippen molar-refractivity contribution in [3.05, 3.63) is 42.1 Å². The topological polar surface area (TPSA) is 67.3 Å². The number of aromatic nitrogens is 1. The van der Waals surface area contributed by atoms with Crippen LogP contribution in [-0.2, 0) is 21.3 Å². The maximum Gasteiger partial charge on any atom is 0.303 e. The predicted octanol–water partition coefficient (Wildman–Crippen LogP) is 2.74. The number of carboxylic acids is 1. The molecule has 1 atom stereocenters. The van der Waals surface area contributed by atoms with Gasteiger partial charge in [-0.2, -0.15) is 0 Å². The van der Waals surface area contributed by atoms with Gasteiger partial charge < -0.3 is 5.11 Å². The predicted molar refractivity (Wildman–Crippen MR) is 82.4 cm³/mol. The van der Waals surface area contributed by atoms with Gasteiger partial charge in [0.05, 0.1) is 23.4 Å². The van der Waals surface area contributed by atoms with Gasteiger partial charge in [-0.25, -0.2) is 0 Å². The molecule has 1 fully saturated rings. The van der Waals surface area contributed by atoms with Gasteiger partial charge in [0.25, 0.3) is 0 Å². The van der Waals surface area contributed by atoms with E-state index in [1.165, 1.54) is 0 Å². The average Bonchev–Trinajstić information content (AvgIpc) is 3.16. The number of nitrogens with zero attached hydrogens (tertiary/aromatic N) is 1. The van der Waals surface area contributed by atoms with Crippen LogP contribution < -0.4 is 0 Å². The molecular formula is C16H17NO3S. The number of carboxylic acid groups (broad SMARTS) is 1. The number of hydrogen-bond acceptors (Lipinski definition) is 3. The Labute approximate surface area is 125 Å². The Hall–Kier alpha value is -1.75. The third-order valence-corrected chi connectivity index (χ3v) is 5.47. The third kappa shape index (κ3) is 3.47. The SMILES string of the molecule is O=C(O)CC1(CS(=O)Cc2ccc3ccccc3n2)CC1. The van der Waals surface area contributed by atoms with Crippen molar-refractivity contribution in [2.24, 2.45) is 5.41 Å². The number of fused-ring (bicyclic) bond motifs is 1. The van der Waals surface area contributed by atoms with Gasteiger partial charge in [-0.1, -0.05) is 24.3 Å². The Morgan fingerprint density at radius 2 is 2.00 bits per heavy atom. The van der Waals surface area contributed by atoms with E-state index in [0.29, 0.717) is 11.5 Å². The lowest BCUT2D eigenvalue weighted by Gasteiger charge is -2.11. The standard InChI is InChI=1S/C16H17NO3S/c18-15(19)9-16(7-8-16)11-21(20)10-13-6-5-12-3-1-2-4-14(12)17-13/h1-6H,7-11H2,(H,18,19). The normalized spacial score (nSPS) is 17.5. The molecule has 4 nitrogen and oxygen atoms in total. The van der Waals surface area contributed by atoms with Crippen molar-refractivity contribution < 1.29 is 14.1 Å². The van der Waals surface area contributed by atoms with E-state index >= 15 is 0 Å². The molecule has 1 aromatic carbocycles. The molecule has 2 aromatic rings. The molecule has 1 saturated carbocycles. The molecule has 1 aromatic heterocycles. The minimum atomic E-state index is -1.06. The number of para-hydroxylation sites is 1. The summed E-state index contributed by atoms with van der Waals surface area (Å²) in [7, 11) is -1.06. The Morgan fingerprint density at radius 1 is 1.24 bits per heavy atom. The zero-order valence-corrected chi connectivity index (χ0v) is 12.4. The molecule has 21 heavy (non-hydrogen) atoms. The van der Waals surface area contributed by atoms with Crippen LogP contribution in [0.25, 0.3) is 10.9 Å². The largest absolute Gasteiger partial charge is 0.481 e. The highest BCUT2D eigenvalue weighted by atomic mass is 32.2. The minimum Gasteiger partial charge on any atom is -0.481 e. The van der Waals surface area contributed by atoms with Gasteiger partial charge in [-0.05, 0) is 30.4 Å². The van der Waals surface area contributed by atoms with E-state index in [2.05, 4.69) is 4.98 Å². The lowest BCUT2D eigenvalue weighted by atomic mass is 10.1. The molecular weight excluding hydrogens is 286 g/mol. The molecule has 0 saturated heterocycles. The van der Waals surface area contributed by atoms with Crippen LogP contribution in [0.1, 0.15) is 25.0 Å². The van der Waals surface area contributed by atoms with E-state index < -0.39 is 16.8 Å². The fourth-order valence-corrected chi connectivity index (χ4v) is 4.28. The first-order valence-electron chi connectivity index (χ1n) is 6.98. The Bertz CT molecular complexity index is 709. The number of aliphatic carboxylic acids is 1. The first kappa shape index (κ1) is 14.2. The van der Waals surface area contributed by atoms with Gasteiger partial charge in [0.2, 0.25) is 0 Å². The van der Waals surface area contributed by atoms with Crippen LogP contribution in [0.2, 0.25) is 0 Å². The maximum absolute atomic E-state index is 12.3. The molecule has 1 aliphatic carbocycles. The Kier molecular flexibility index (Phi) is 3.76. The Morgan fingerprint density at radius 3 is 2.71 bits per heavy atom. The monoisotopic (exact) mass is 303 g/mol. The number of pyridine rings is 1. The number of hydrogen-bond donors (Lipinski definition) is 1. The van der Waals surface area contributed by atoms with Crippen LogP contribution in [0.4, 0.5) is 0 Å². The zero-order chi connectivity index (χ0) is 14.9. The second-order valence-electron chi connectivity index (χ2n) is 5.79. The first-order chi connectivity index (χ1) is 10.1. The zero-order valence-electron chi connectivity index (χ0n) is 11.6. The van der Waals surface area contributed by atoms with Gasteiger partial charge >= 0.3 is 5.97 Å². The quantitative estimate of drug-likeness (QED) is 0.891. The van der Waals surface area contributed by atoms with E-state index in [0.717, 1.165) is 29.4 Å². The van der Waals surface area contributed by atoms with Crippen molar-refractivity contribution in [3.8, 4) is 0 Å². The summed E-state index contributed by atoms with van der Waals surface area (Å²) < 4.78 is 12.3. The summed E-state index contributed by atoms with van der Waals surface area (Å²) in [5.74, 6) is 0.0633. The number of carbonyl (C=O) groups is 1. The molecule has 0 spiro atoms. The van der Waals surface area contributed by atoms with Gasteiger partial charge in [0.1, 0.15) is 0 Å². The van der Waals surface area contributed by atoms with Crippen LogP contribution in [0.15, 0.2) is 36.4 Å². The fourth-order valence-electron chi connectivity index (χ4n) is 2.62. The van der Waals surface area contributed by atoms with E-state index in [1.54, 1.807) is 0 Å². The summed E-state index contributed by atoms with van der Waals surface area (Å²) >= 11 is 0. The van der Waals surface area contributed by atoms with Gasteiger partial charge in [-0.15, -0.1) is 0 Å². The lowest BCUT2D eigenvalue weighted by Crippen LogP contribution is -2.17. The average molecular weight is 303 g/mol. The third-order valence-electron chi connectivity index (χ3n) is 3.92. The molecule has 5 heteroatoms. The van der Waals surface area contributed by atoms with E-state index in [9.17, 15) is 9.00 Å². The van der Waals surface area contributed by atoms with Crippen molar-refractivity contribution in [1.29, 1.82) is 0 Å². The summed E-state index contributed by atoms with van der Waals surface area (Å²) in [5, 5.41) is 9.97. The van der Waals surface area contributed by atoms with Crippen LogP contribution >= 0.6 is 0 Å². The summed E-state index contributed by atoms with van der Waals surface area (Å²) in [4.78, 5) is 15.3. The molecule has 1 heterocycles. The smallest absolute Gasteiger partial charge is 0.303 e. The highest BCUT2D eigenvalue weighted by molar-refractivity contribution is 7.84. The lowest BCUT2D eigenvalue weighted by molar-refractivity contribution is -0.138. The van der Waals surface area contributed by atoms with E-state index in [4.69, 9.17) is 5.11 Å². The summed E-state index contributed by atoms with van der Waals surface area (Å²) in [6.45, 7) is 0. The fraction of sp³-hybridized carbons (Fsp3) is 0.375. The highest BCUT2D eigenvalue weighted by Gasteiger charge is 2.45. The van der Waals surface area contributed by atoms with Gasteiger partial charge in [0, 0.05) is 21.9 Å².